The normalized spacial score (nSPS) is 15.0. The Morgan fingerprint density at radius 3 is 2.57 bits per heavy atom. The van der Waals surface area contributed by atoms with Gasteiger partial charge in [0.25, 0.3) is 5.91 Å². The first-order valence-electron chi connectivity index (χ1n) is 7.14. The highest BCUT2D eigenvalue weighted by Crippen LogP contribution is 2.39. The first-order valence-corrected chi connectivity index (χ1v) is 7.93. The lowest BCUT2D eigenvalue weighted by Gasteiger charge is -2.00. The van der Waals surface area contributed by atoms with Gasteiger partial charge < -0.3 is 5.32 Å². The molecule has 0 atom stereocenters. The molecule has 1 aromatic carbocycles. The van der Waals surface area contributed by atoms with Crippen molar-refractivity contribution in [1.82, 2.24) is 0 Å². The molecule has 0 radical (unpaired) electrons. The lowest BCUT2D eigenvalue weighted by molar-refractivity contribution is -0.110. The molecular weight excluding hydrogens is 357 g/mol. The predicted octanol–water partition coefficient (Wildman–Crippen LogP) is 5.19. The summed E-state index contributed by atoms with van der Waals surface area (Å²) in [5.41, 5.74) is 4.74. The van der Waals surface area contributed by atoms with Gasteiger partial charge in [0.2, 0.25) is 0 Å². The van der Waals surface area contributed by atoms with Crippen LogP contribution in [0.3, 0.4) is 0 Å². The van der Waals surface area contributed by atoms with Gasteiger partial charge in [0.15, 0.2) is 0 Å². The molecule has 0 unspecified atom stereocenters. The smallest absolute Gasteiger partial charge is 0.256 e. The molecule has 2 aliphatic carbocycles. The fourth-order valence-corrected chi connectivity index (χ4v) is 3.47. The number of rotatable bonds is 1. The fourth-order valence-electron chi connectivity index (χ4n) is 2.88. The number of hydrogen-bond donors (Lipinski definition) is 1. The first kappa shape index (κ1) is 14.2. The van der Waals surface area contributed by atoms with Crippen LogP contribution in [0.4, 0.5) is 10.1 Å². The number of carbonyl (C=O) groups excluding carboxylic acids is 1. The minimum atomic E-state index is -0.355. The Kier molecular flexibility index (Phi) is 3.27. The van der Waals surface area contributed by atoms with Crippen molar-refractivity contribution in [2.45, 2.75) is 0 Å². The van der Waals surface area contributed by atoms with E-state index in [4.69, 9.17) is 0 Å². The van der Waals surface area contributed by atoms with Crippen molar-refractivity contribution in [1.29, 1.82) is 0 Å². The Morgan fingerprint density at radius 2 is 1.74 bits per heavy atom. The average molecular weight is 368 g/mol. The largest absolute Gasteiger partial charge is 0.321 e. The molecule has 0 saturated carbocycles. The van der Waals surface area contributed by atoms with E-state index in [1.165, 1.54) is 12.1 Å². The maximum Gasteiger partial charge on any atom is 0.256 e. The highest BCUT2D eigenvalue weighted by molar-refractivity contribution is 9.10. The predicted molar refractivity (Wildman–Crippen MR) is 93.7 cm³/mol. The summed E-state index contributed by atoms with van der Waals surface area (Å²) in [5, 5.41) is 2.77. The van der Waals surface area contributed by atoms with Gasteiger partial charge in [0.05, 0.1) is 0 Å². The quantitative estimate of drug-likeness (QED) is 0.589. The zero-order chi connectivity index (χ0) is 16.0. The van der Waals surface area contributed by atoms with Gasteiger partial charge in [-0.15, -0.1) is 0 Å². The lowest BCUT2D eigenvalue weighted by atomic mass is 10.0. The molecular formula is C19H11BrFNO. The number of halogens is 2. The summed E-state index contributed by atoms with van der Waals surface area (Å²) in [5.74, 6) is -0.567. The van der Waals surface area contributed by atoms with Crippen LogP contribution in [0.1, 0.15) is 11.1 Å². The monoisotopic (exact) mass is 367 g/mol. The second-order valence-electron chi connectivity index (χ2n) is 5.39. The number of nitrogens with one attached hydrogen (secondary N) is 1. The molecule has 0 spiro atoms. The fraction of sp³-hybridized carbons (Fsp3) is 0. The standard InChI is InChI=1S/C19H11BrFNO/c20-17-9-11(13-4-2-1-3-5-14(13)17)8-16-15-10-12(21)6-7-18(15)22-19(16)23/h1-10H,(H,22,23)/b16-8+. The molecule has 0 fully saturated rings. The van der Waals surface area contributed by atoms with Gasteiger partial charge in [0.1, 0.15) is 5.82 Å². The Bertz CT molecular complexity index is 948. The number of benzene rings is 1. The topological polar surface area (TPSA) is 29.1 Å². The van der Waals surface area contributed by atoms with Crippen LogP contribution in [-0.2, 0) is 4.79 Å². The molecule has 0 bridgehead atoms. The van der Waals surface area contributed by atoms with Crippen molar-refractivity contribution >= 4 is 39.2 Å². The summed E-state index contributed by atoms with van der Waals surface area (Å²) in [6.45, 7) is 0. The van der Waals surface area contributed by atoms with E-state index >= 15 is 0 Å². The van der Waals surface area contributed by atoms with Crippen molar-refractivity contribution < 1.29 is 9.18 Å². The van der Waals surface area contributed by atoms with E-state index in [0.717, 1.165) is 21.2 Å². The van der Waals surface area contributed by atoms with Gasteiger partial charge in [-0.25, -0.2) is 4.39 Å². The van der Waals surface area contributed by atoms with Crippen LogP contribution < -0.4 is 5.32 Å². The second kappa shape index (κ2) is 5.32. The molecule has 0 saturated heterocycles. The maximum absolute atomic E-state index is 13.5. The highest BCUT2D eigenvalue weighted by atomic mass is 79.9. The highest BCUT2D eigenvalue weighted by Gasteiger charge is 2.25. The van der Waals surface area contributed by atoms with Crippen molar-refractivity contribution in [3.05, 3.63) is 76.0 Å². The van der Waals surface area contributed by atoms with Crippen LogP contribution >= 0.6 is 15.9 Å². The Balaban J connectivity index is 1.90. The van der Waals surface area contributed by atoms with Crippen LogP contribution in [0.5, 0.6) is 0 Å². The molecule has 3 aliphatic rings. The minimum Gasteiger partial charge on any atom is -0.321 e. The van der Waals surface area contributed by atoms with Crippen LogP contribution in [0.2, 0.25) is 0 Å². The SMILES string of the molecule is O=C1Nc2ccc(F)cc2/C1=C\c1cc(Br)c2cccccc1-2. The van der Waals surface area contributed by atoms with E-state index in [1.54, 1.807) is 6.07 Å². The van der Waals surface area contributed by atoms with Gasteiger partial charge in [0, 0.05) is 21.3 Å². The third-order valence-electron chi connectivity index (χ3n) is 3.95. The summed E-state index contributed by atoms with van der Waals surface area (Å²) < 4.78 is 14.5. The summed E-state index contributed by atoms with van der Waals surface area (Å²) in [4.78, 5) is 12.2. The van der Waals surface area contributed by atoms with Gasteiger partial charge in [-0.1, -0.05) is 46.3 Å². The maximum atomic E-state index is 13.5. The van der Waals surface area contributed by atoms with E-state index < -0.39 is 0 Å². The van der Waals surface area contributed by atoms with Gasteiger partial charge in [-0.05, 0) is 47.0 Å². The molecule has 1 amide bonds. The molecule has 1 aliphatic heterocycles. The molecule has 4 heteroatoms. The van der Waals surface area contributed by atoms with Crippen LogP contribution in [-0.4, -0.2) is 5.91 Å². The van der Waals surface area contributed by atoms with Crippen molar-refractivity contribution in [3.63, 3.8) is 0 Å². The molecule has 112 valence electrons. The number of anilines is 1. The molecule has 4 rings (SSSR count). The first-order chi connectivity index (χ1) is 11.1. The van der Waals surface area contributed by atoms with Gasteiger partial charge in [-0.2, -0.15) is 0 Å². The molecule has 1 N–H and O–H groups in total. The van der Waals surface area contributed by atoms with E-state index in [9.17, 15) is 9.18 Å². The third kappa shape index (κ3) is 2.35. The zero-order valence-electron chi connectivity index (χ0n) is 11.9. The van der Waals surface area contributed by atoms with Gasteiger partial charge >= 0.3 is 0 Å². The van der Waals surface area contributed by atoms with E-state index in [2.05, 4.69) is 21.2 Å². The van der Waals surface area contributed by atoms with Crippen LogP contribution in [0, 0.1) is 5.82 Å². The van der Waals surface area contributed by atoms with E-state index in [-0.39, 0.29) is 11.7 Å². The average Bonchev–Trinajstić information content (AvgIpc) is 2.86. The van der Waals surface area contributed by atoms with E-state index in [1.807, 2.05) is 42.5 Å². The molecule has 1 aromatic rings. The Morgan fingerprint density at radius 1 is 0.957 bits per heavy atom. The van der Waals surface area contributed by atoms with Crippen LogP contribution in [0.25, 0.3) is 22.8 Å². The summed E-state index contributed by atoms with van der Waals surface area (Å²) >= 11 is 3.56. The molecule has 23 heavy (non-hydrogen) atoms. The summed E-state index contributed by atoms with van der Waals surface area (Å²) in [6, 6.07) is 16.2. The Labute approximate surface area is 141 Å². The van der Waals surface area contributed by atoms with Gasteiger partial charge in [-0.3, -0.25) is 4.79 Å². The molecule has 1 heterocycles. The van der Waals surface area contributed by atoms with Crippen molar-refractivity contribution in [3.8, 4) is 11.1 Å². The second-order valence-corrected chi connectivity index (χ2v) is 6.24. The lowest BCUT2D eigenvalue weighted by Crippen LogP contribution is -2.03. The van der Waals surface area contributed by atoms with Crippen molar-refractivity contribution in [2.75, 3.05) is 5.32 Å². The molecule has 0 aromatic heterocycles. The van der Waals surface area contributed by atoms with Crippen LogP contribution in [0.15, 0.2) is 59.1 Å². The number of carbonyl (C=O) groups is 1. The summed E-state index contributed by atoms with van der Waals surface area (Å²) in [7, 11) is 0. The third-order valence-corrected chi connectivity index (χ3v) is 4.61. The van der Waals surface area contributed by atoms with Crippen molar-refractivity contribution in [2.24, 2.45) is 0 Å². The van der Waals surface area contributed by atoms with E-state index in [0.29, 0.717) is 16.8 Å². The molecule has 2 nitrogen and oxygen atoms in total. The minimum absolute atomic E-state index is 0.212. The summed E-state index contributed by atoms with van der Waals surface area (Å²) in [6.07, 6.45) is 1.81. The number of amides is 1. The number of hydrogen-bond acceptors (Lipinski definition) is 1. The zero-order valence-corrected chi connectivity index (χ0v) is 13.5. The number of fused-ring (bicyclic) bond motifs is 2. The Hall–Kier alpha value is -2.46.